The van der Waals surface area contributed by atoms with Gasteiger partial charge in [0.2, 0.25) is 0 Å². The SMILES string of the molecule is C=C(C)CSC1=N[C@H]2CS(=O)(=O)C[C@H]2N1c1cccc(OC)c1. The van der Waals surface area contributed by atoms with Crippen LogP contribution in [0.2, 0.25) is 0 Å². The van der Waals surface area contributed by atoms with Crippen molar-refractivity contribution in [1.82, 2.24) is 0 Å². The highest BCUT2D eigenvalue weighted by atomic mass is 32.2. The van der Waals surface area contributed by atoms with Gasteiger partial charge < -0.3 is 9.64 Å². The fourth-order valence-corrected chi connectivity index (χ4v) is 5.69. The monoisotopic (exact) mass is 352 g/mol. The number of ether oxygens (including phenoxy) is 1. The van der Waals surface area contributed by atoms with E-state index in [1.165, 1.54) is 0 Å². The molecule has 1 aromatic rings. The number of amidine groups is 1. The van der Waals surface area contributed by atoms with E-state index in [9.17, 15) is 8.42 Å². The van der Waals surface area contributed by atoms with E-state index < -0.39 is 9.84 Å². The summed E-state index contributed by atoms with van der Waals surface area (Å²) in [5.41, 5.74) is 1.98. The van der Waals surface area contributed by atoms with E-state index in [1.54, 1.807) is 18.9 Å². The lowest BCUT2D eigenvalue weighted by Crippen LogP contribution is -2.39. The normalized spacial score (nSPS) is 25.1. The Bertz CT molecular complexity index is 758. The quantitative estimate of drug-likeness (QED) is 0.779. The van der Waals surface area contributed by atoms with Gasteiger partial charge in [-0.2, -0.15) is 0 Å². The smallest absolute Gasteiger partial charge is 0.164 e. The summed E-state index contributed by atoms with van der Waals surface area (Å²) in [5, 5.41) is 0.867. The molecule has 2 aliphatic rings. The summed E-state index contributed by atoms with van der Waals surface area (Å²) in [7, 11) is -1.40. The number of sulfone groups is 1. The molecule has 0 bridgehead atoms. The maximum atomic E-state index is 12.0. The molecular formula is C16H20N2O3S2. The van der Waals surface area contributed by atoms with E-state index in [1.807, 2.05) is 36.1 Å². The Kier molecular flexibility index (Phi) is 4.42. The first-order valence-corrected chi connectivity index (χ1v) is 10.2. The second kappa shape index (κ2) is 6.20. The maximum Gasteiger partial charge on any atom is 0.164 e. The van der Waals surface area contributed by atoms with Crippen molar-refractivity contribution in [2.45, 2.75) is 19.0 Å². The van der Waals surface area contributed by atoms with Gasteiger partial charge in [0.15, 0.2) is 15.0 Å². The van der Waals surface area contributed by atoms with E-state index in [0.29, 0.717) is 0 Å². The number of anilines is 1. The van der Waals surface area contributed by atoms with Gasteiger partial charge in [0.1, 0.15) is 5.75 Å². The molecule has 3 rings (SSSR count). The van der Waals surface area contributed by atoms with E-state index in [-0.39, 0.29) is 23.6 Å². The van der Waals surface area contributed by atoms with Gasteiger partial charge in [0, 0.05) is 17.5 Å². The Hall–Kier alpha value is -1.47. The lowest BCUT2D eigenvalue weighted by Gasteiger charge is -2.26. The van der Waals surface area contributed by atoms with Crippen molar-refractivity contribution in [3.8, 4) is 5.75 Å². The molecule has 0 amide bonds. The molecule has 0 aliphatic carbocycles. The summed E-state index contributed by atoms with van der Waals surface area (Å²) in [6.07, 6.45) is 0. The number of hydrogen-bond donors (Lipinski definition) is 0. The topological polar surface area (TPSA) is 59.0 Å². The van der Waals surface area contributed by atoms with Crippen LogP contribution in [-0.2, 0) is 9.84 Å². The van der Waals surface area contributed by atoms with Crippen molar-refractivity contribution >= 4 is 32.5 Å². The van der Waals surface area contributed by atoms with Crippen LogP contribution in [0.3, 0.4) is 0 Å². The lowest BCUT2D eigenvalue weighted by molar-refractivity contribution is 0.415. The molecule has 2 aliphatic heterocycles. The minimum Gasteiger partial charge on any atom is -0.497 e. The Labute approximate surface area is 141 Å². The van der Waals surface area contributed by atoms with Crippen LogP contribution in [-0.4, -0.2) is 50.0 Å². The van der Waals surface area contributed by atoms with E-state index in [2.05, 4.69) is 11.6 Å². The molecule has 0 unspecified atom stereocenters. The fourth-order valence-electron chi connectivity index (χ4n) is 2.88. The summed E-state index contributed by atoms with van der Waals surface area (Å²) in [4.78, 5) is 6.72. The highest BCUT2D eigenvalue weighted by Crippen LogP contribution is 2.36. The first-order chi connectivity index (χ1) is 10.9. The second-order valence-corrected chi connectivity index (χ2v) is 9.04. The minimum atomic E-state index is -3.02. The van der Waals surface area contributed by atoms with Gasteiger partial charge in [-0.15, -0.1) is 0 Å². The van der Waals surface area contributed by atoms with Crippen molar-refractivity contribution in [3.63, 3.8) is 0 Å². The molecule has 7 heteroatoms. The van der Waals surface area contributed by atoms with Crippen LogP contribution in [0.1, 0.15) is 6.92 Å². The molecule has 0 radical (unpaired) electrons. The molecule has 0 N–H and O–H groups in total. The molecule has 2 atom stereocenters. The fraction of sp³-hybridized carbons (Fsp3) is 0.438. The summed E-state index contributed by atoms with van der Waals surface area (Å²) < 4.78 is 29.2. The number of benzene rings is 1. The Balaban J connectivity index is 1.95. The van der Waals surface area contributed by atoms with Crippen molar-refractivity contribution < 1.29 is 13.2 Å². The number of aliphatic imine (C=N–C) groups is 1. The zero-order chi connectivity index (χ0) is 16.6. The first-order valence-electron chi connectivity index (χ1n) is 7.38. The Morgan fingerprint density at radius 2 is 2.26 bits per heavy atom. The molecular weight excluding hydrogens is 332 g/mol. The molecule has 1 aromatic carbocycles. The minimum absolute atomic E-state index is 0.125. The van der Waals surface area contributed by atoms with Crippen molar-refractivity contribution in [3.05, 3.63) is 36.4 Å². The van der Waals surface area contributed by atoms with Crippen LogP contribution < -0.4 is 9.64 Å². The van der Waals surface area contributed by atoms with Crippen LogP contribution in [0.4, 0.5) is 5.69 Å². The number of thioether (sulfide) groups is 1. The molecule has 0 aromatic heterocycles. The predicted molar refractivity (Wildman–Crippen MR) is 96.4 cm³/mol. The van der Waals surface area contributed by atoms with Gasteiger partial charge in [-0.1, -0.05) is 30.0 Å². The molecule has 2 heterocycles. The molecule has 0 spiro atoms. The molecule has 23 heavy (non-hydrogen) atoms. The third kappa shape index (κ3) is 3.40. The van der Waals surface area contributed by atoms with Gasteiger partial charge in [-0.05, 0) is 19.1 Å². The summed E-state index contributed by atoms with van der Waals surface area (Å²) >= 11 is 1.61. The highest BCUT2D eigenvalue weighted by Gasteiger charge is 2.47. The molecule has 5 nitrogen and oxygen atoms in total. The Morgan fingerprint density at radius 3 is 2.96 bits per heavy atom. The number of hydrogen-bond acceptors (Lipinski definition) is 6. The van der Waals surface area contributed by atoms with Crippen molar-refractivity contribution in [2.75, 3.05) is 29.3 Å². The first kappa shape index (κ1) is 16.4. The second-order valence-electron chi connectivity index (χ2n) is 5.94. The van der Waals surface area contributed by atoms with Gasteiger partial charge in [0.25, 0.3) is 0 Å². The summed E-state index contributed by atoms with van der Waals surface area (Å²) in [6, 6.07) is 7.36. The van der Waals surface area contributed by atoms with E-state index in [0.717, 1.165) is 27.9 Å². The number of rotatable bonds is 4. The van der Waals surface area contributed by atoms with E-state index >= 15 is 0 Å². The number of fused-ring (bicyclic) bond motifs is 1. The molecule has 0 saturated carbocycles. The van der Waals surface area contributed by atoms with Crippen molar-refractivity contribution in [1.29, 1.82) is 0 Å². The van der Waals surface area contributed by atoms with Gasteiger partial charge >= 0.3 is 0 Å². The predicted octanol–water partition coefficient (Wildman–Crippen LogP) is 2.35. The standard InChI is InChI=1S/C16H20N2O3S2/c1-11(2)8-22-16-17-14-9-23(19,20)10-15(14)18(16)12-5-4-6-13(7-12)21-3/h4-7,14-15H,1,8-10H2,2-3H3/t14-,15+/m0/s1. The Morgan fingerprint density at radius 1 is 1.48 bits per heavy atom. The zero-order valence-electron chi connectivity index (χ0n) is 13.2. The van der Waals surface area contributed by atoms with Crippen LogP contribution >= 0.6 is 11.8 Å². The van der Waals surface area contributed by atoms with Gasteiger partial charge in [-0.25, -0.2) is 8.42 Å². The van der Waals surface area contributed by atoms with Crippen LogP contribution in [0, 0.1) is 0 Å². The summed E-state index contributed by atoms with van der Waals surface area (Å²) in [5.74, 6) is 1.80. The van der Waals surface area contributed by atoms with Crippen LogP contribution in [0.25, 0.3) is 0 Å². The lowest BCUT2D eigenvalue weighted by atomic mass is 10.1. The average molecular weight is 352 g/mol. The number of nitrogens with zero attached hydrogens (tertiary/aromatic N) is 2. The van der Waals surface area contributed by atoms with Crippen LogP contribution in [0.5, 0.6) is 5.75 Å². The summed E-state index contributed by atoms with van der Waals surface area (Å²) in [6.45, 7) is 5.90. The average Bonchev–Trinajstić information content (AvgIpc) is 2.96. The molecule has 1 fully saturated rings. The zero-order valence-corrected chi connectivity index (χ0v) is 14.9. The van der Waals surface area contributed by atoms with Gasteiger partial charge in [-0.3, -0.25) is 4.99 Å². The van der Waals surface area contributed by atoms with Crippen molar-refractivity contribution in [2.24, 2.45) is 4.99 Å². The molecule has 1 saturated heterocycles. The van der Waals surface area contributed by atoms with Crippen LogP contribution in [0.15, 0.2) is 41.4 Å². The number of methoxy groups -OCH3 is 1. The third-order valence-electron chi connectivity index (χ3n) is 3.89. The maximum absolute atomic E-state index is 12.0. The third-order valence-corrected chi connectivity index (χ3v) is 6.78. The largest absolute Gasteiger partial charge is 0.497 e. The van der Waals surface area contributed by atoms with E-state index in [4.69, 9.17) is 4.74 Å². The van der Waals surface area contributed by atoms with Gasteiger partial charge in [0.05, 0.1) is 30.7 Å². The molecule has 124 valence electrons. The highest BCUT2D eigenvalue weighted by molar-refractivity contribution is 8.14.